The van der Waals surface area contributed by atoms with Gasteiger partial charge in [0.15, 0.2) is 0 Å². The predicted molar refractivity (Wildman–Crippen MR) is 73.0 cm³/mol. The van der Waals surface area contributed by atoms with Gasteiger partial charge in [0.2, 0.25) is 0 Å². The number of anilines is 1. The first kappa shape index (κ1) is 13.9. The summed E-state index contributed by atoms with van der Waals surface area (Å²) in [5.74, 6) is -0.326. The summed E-state index contributed by atoms with van der Waals surface area (Å²) in [6, 6.07) is 1.66. The summed E-state index contributed by atoms with van der Waals surface area (Å²) in [5, 5.41) is 0. The van der Waals surface area contributed by atoms with Gasteiger partial charge >= 0.3 is 5.97 Å². The molecule has 0 aliphatic carbocycles. The SMILES string of the molecule is CCCn1cc(N)cc1C(=O)OCC1CCC(C)O1. The predicted octanol–water partition coefficient (Wildman–Crippen LogP) is 2.20. The Kier molecular flexibility index (Phi) is 4.47. The summed E-state index contributed by atoms with van der Waals surface area (Å²) in [4.78, 5) is 12.0. The first-order valence-electron chi connectivity index (χ1n) is 6.88. The third-order valence-electron chi connectivity index (χ3n) is 3.31. The maximum absolute atomic E-state index is 12.0. The molecule has 1 aliphatic heterocycles. The van der Waals surface area contributed by atoms with Crippen molar-refractivity contribution < 1.29 is 14.3 Å². The average Bonchev–Trinajstić information content (AvgIpc) is 2.93. The molecule has 2 rings (SSSR count). The number of hydrogen-bond acceptors (Lipinski definition) is 4. The van der Waals surface area contributed by atoms with Crippen molar-refractivity contribution in [3.63, 3.8) is 0 Å². The molecule has 0 amide bonds. The third-order valence-corrected chi connectivity index (χ3v) is 3.31. The van der Waals surface area contributed by atoms with Crippen LogP contribution in [0.2, 0.25) is 0 Å². The summed E-state index contributed by atoms with van der Waals surface area (Å²) in [7, 11) is 0. The highest BCUT2D eigenvalue weighted by molar-refractivity contribution is 5.89. The topological polar surface area (TPSA) is 66.5 Å². The van der Waals surface area contributed by atoms with Crippen molar-refractivity contribution in [3.8, 4) is 0 Å². The van der Waals surface area contributed by atoms with E-state index in [1.165, 1.54) is 0 Å². The van der Waals surface area contributed by atoms with Crippen molar-refractivity contribution >= 4 is 11.7 Å². The second-order valence-corrected chi connectivity index (χ2v) is 5.10. The molecule has 2 N–H and O–H groups in total. The molecule has 1 saturated heterocycles. The average molecular weight is 266 g/mol. The summed E-state index contributed by atoms with van der Waals surface area (Å²) in [6.07, 6.45) is 4.99. The zero-order valence-electron chi connectivity index (χ0n) is 11.6. The molecule has 106 valence electrons. The van der Waals surface area contributed by atoms with Gasteiger partial charge in [-0.05, 0) is 32.3 Å². The van der Waals surface area contributed by atoms with E-state index in [1.54, 1.807) is 12.3 Å². The molecule has 0 spiro atoms. The van der Waals surface area contributed by atoms with Crippen LogP contribution in [0.3, 0.4) is 0 Å². The fourth-order valence-electron chi connectivity index (χ4n) is 2.38. The molecule has 0 bridgehead atoms. The highest BCUT2D eigenvalue weighted by atomic mass is 16.6. The molecule has 1 fully saturated rings. The van der Waals surface area contributed by atoms with E-state index in [1.807, 2.05) is 11.5 Å². The van der Waals surface area contributed by atoms with Gasteiger partial charge in [-0.1, -0.05) is 6.92 Å². The van der Waals surface area contributed by atoms with Crippen LogP contribution in [0, 0.1) is 0 Å². The lowest BCUT2D eigenvalue weighted by Crippen LogP contribution is -2.20. The molecule has 2 atom stereocenters. The first-order valence-corrected chi connectivity index (χ1v) is 6.88. The van der Waals surface area contributed by atoms with Gasteiger partial charge in [-0.15, -0.1) is 0 Å². The van der Waals surface area contributed by atoms with E-state index in [4.69, 9.17) is 15.2 Å². The monoisotopic (exact) mass is 266 g/mol. The Balaban J connectivity index is 1.92. The highest BCUT2D eigenvalue weighted by Gasteiger charge is 2.24. The maximum Gasteiger partial charge on any atom is 0.355 e. The lowest BCUT2D eigenvalue weighted by molar-refractivity contribution is -0.00325. The quantitative estimate of drug-likeness (QED) is 0.830. The number of nitrogen functional groups attached to an aromatic ring is 1. The van der Waals surface area contributed by atoms with Crippen molar-refractivity contribution in [1.82, 2.24) is 4.57 Å². The molecule has 2 unspecified atom stereocenters. The summed E-state index contributed by atoms with van der Waals surface area (Å²) < 4.78 is 12.8. The molecule has 1 aliphatic rings. The van der Waals surface area contributed by atoms with Crippen molar-refractivity contribution in [2.24, 2.45) is 0 Å². The third kappa shape index (κ3) is 3.50. The van der Waals surface area contributed by atoms with Crippen LogP contribution < -0.4 is 5.73 Å². The summed E-state index contributed by atoms with van der Waals surface area (Å²) >= 11 is 0. The Morgan fingerprint density at radius 3 is 3.00 bits per heavy atom. The molecule has 19 heavy (non-hydrogen) atoms. The molecule has 0 saturated carbocycles. The Hall–Kier alpha value is -1.49. The van der Waals surface area contributed by atoms with E-state index < -0.39 is 0 Å². The number of rotatable bonds is 5. The molecular weight excluding hydrogens is 244 g/mol. The molecular formula is C14H22N2O3. The van der Waals surface area contributed by atoms with E-state index in [0.29, 0.717) is 18.0 Å². The number of nitrogens with zero attached hydrogens (tertiary/aromatic N) is 1. The Labute approximate surface area is 113 Å². The molecule has 5 heteroatoms. The molecule has 2 heterocycles. The van der Waals surface area contributed by atoms with Gasteiger partial charge in [-0.3, -0.25) is 0 Å². The van der Waals surface area contributed by atoms with Gasteiger partial charge in [0, 0.05) is 12.7 Å². The van der Waals surface area contributed by atoms with Gasteiger partial charge in [-0.2, -0.15) is 0 Å². The van der Waals surface area contributed by atoms with Crippen LogP contribution in [0.25, 0.3) is 0 Å². The fraction of sp³-hybridized carbons (Fsp3) is 0.643. The minimum Gasteiger partial charge on any atom is -0.458 e. The molecule has 1 aromatic heterocycles. The molecule has 0 aromatic carbocycles. The molecule has 5 nitrogen and oxygen atoms in total. The number of esters is 1. The van der Waals surface area contributed by atoms with Gasteiger partial charge in [0.1, 0.15) is 12.3 Å². The number of aromatic nitrogens is 1. The number of hydrogen-bond donors (Lipinski definition) is 1. The Bertz CT molecular complexity index is 442. The summed E-state index contributed by atoms with van der Waals surface area (Å²) in [6.45, 7) is 5.17. The number of carbonyl (C=O) groups is 1. The molecule has 0 radical (unpaired) electrons. The van der Waals surface area contributed by atoms with Crippen molar-refractivity contribution in [1.29, 1.82) is 0 Å². The van der Waals surface area contributed by atoms with E-state index in [-0.39, 0.29) is 18.2 Å². The zero-order valence-corrected chi connectivity index (χ0v) is 11.6. The van der Waals surface area contributed by atoms with Gasteiger partial charge in [-0.25, -0.2) is 4.79 Å². The first-order chi connectivity index (χ1) is 9.10. The standard InChI is InChI=1S/C14H22N2O3/c1-3-6-16-8-11(15)7-13(16)14(17)18-9-12-5-4-10(2)19-12/h7-8,10,12H,3-6,9,15H2,1-2H3. The number of nitrogens with two attached hydrogens (primary N) is 1. The normalized spacial score (nSPS) is 22.6. The van der Waals surface area contributed by atoms with Crippen LogP contribution in [-0.2, 0) is 16.0 Å². The Morgan fingerprint density at radius 2 is 2.37 bits per heavy atom. The Morgan fingerprint density at radius 1 is 1.58 bits per heavy atom. The van der Waals surface area contributed by atoms with E-state index in [0.717, 1.165) is 25.8 Å². The van der Waals surface area contributed by atoms with Gasteiger partial charge in [0.05, 0.1) is 17.9 Å². The smallest absolute Gasteiger partial charge is 0.355 e. The van der Waals surface area contributed by atoms with Gasteiger partial charge in [0.25, 0.3) is 0 Å². The molecule has 1 aromatic rings. The fourth-order valence-corrected chi connectivity index (χ4v) is 2.38. The van der Waals surface area contributed by atoms with Gasteiger partial charge < -0.3 is 19.8 Å². The lowest BCUT2D eigenvalue weighted by Gasteiger charge is -2.12. The van der Waals surface area contributed by atoms with Crippen molar-refractivity contribution in [2.45, 2.75) is 51.9 Å². The number of ether oxygens (including phenoxy) is 2. The van der Waals surface area contributed by atoms with Crippen molar-refractivity contribution in [2.75, 3.05) is 12.3 Å². The summed E-state index contributed by atoms with van der Waals surface area (Å²) in [5.41, 5.74) is 6.84. The minimum absolute atomic E-state index is 0.0332. The van der Waals surface area contributed by atoms with E-state index >= 15 is 0 Å². The van der Waals surface area contributed by atoms with Crippen LogP contribution in [0.5, 0.6) is 0 Å². The van der Waals surface area contributed by atoms with Crippen LogP contribution in [-0.4, -0.2) is 29.4 Å². The van der Waals surface area contributed by atoms with Crippen LogP contribution in [0.4, 0.5) is 5.69 Å². The van der Waals surface area contributed by atoms with Crippen LogP contribution >= 0.6 is 0 Å². The highest BCUT2D eigenvalue weighted by Crippen LogP contribution is 2.20. The maximum atomic E-state index is 12.0. The second kappa shape index (κ2) is 6.10. The number of carbonyl (C=O) groups excluding carboxylic acids is 1. The van der Waals surface area contributed by atoms with Crippen molar-refractivity contribution in [3.05, 3.63) is 18.0 Å². The van der Waals surface area contributed by atoms with Crippen LogP contribution in [0.15, 0.2) is 12.3 Å². The minimum atomic E-state index is -0.326. The lowest BCUT2D eigenvalue weighted by atomic mass is 10.2. The largest absolute Gasteiger partial charge is 0.458 e. The number of aryl methyl sites for hydroxylation is 1. The van der Waals surface area contributed by atoms with E-state index in [9.17, 15) is 4.79 Å². The zero-order chi connectivity index (χ0) is 13.8. The second-order valence-electron chi connectivity index (χ2n) is 5.10. The van der Waals surface area contributed by atoms with Crippen LogP contribution in [0.1, 0.15) is 43.6 Å². The van der Waals surface area contributed by atoms with E-state index in [2.05, 4.69) is 6.92 Å².